The van der Waals surface area contributed by atoms with E-state index in [2.05, 4.69) is 9.88 Å². The van der Waals surface area contributed by atoms with Gasteiger partial charge in [-0.1, -0.05) is 11.3 Å². The van der Waals surface area contributed by atoms with Crippen LogP contribution in [0.15, 0.2) is 0 Å². The lowest BCUT2D eigenvalue weighted by Crippen LogP contribution is -2.28. The molecule has 0 radical (unpaired) electrons. The van der Waals surface area contributed by atoms with Crippen LogP contribution in [0, 0.1) is 0 Å². The van der Waals surface area contributed by atoms with Crippen molar-refractivity contribution in [2.24, 2.45) is 0 Å². The Labute approximate surface area is 111 Å². The predicted octanol–water partition coefficient (Wildman–Crippen LogP) is 2.45. The number of rotatable bonds is 5. The zero-order valence-electron chi connectivity index (χ0n) is 10.6. The summed E-state index contributed by atoms with van der Waals surface area (Å²) in [6.45, 7) is 1.75. The highest BCUT2D eigenvalue weighted by molar-refractivity contribution is 7.17. The summed E-state index contributed by atoms with van der Waals surface area (Å²) >= 11 is 1.51. The van der Waals surface area contributed by atoms with Gasteiger partial charge in [-0.3, -0.25) is 4.79 Å². The number of anilines is 1. The van der Waals surface area contributed by atoms with E-state index in [4.69, 9.17) is 4.74 Å². The molecule has 1 aliphatic carbocycles. The first-order valence-corrected chi connectivity index (χ1v) is 7.38. The number of ether oxygens (including phenoxy) is 1. The lowest BCUT2D eigenvalue weighted by atomic mass is 10.2. The Morgan fingerprint density at radius 1 is 1.50 bits per heavy atom. The van der Waals surface area contributed by atoms with Gasteiger partial charge in [0, 0.05) is 26.1 Å². The molecule has 4 nitrogen and oxygen atoms in total. The molecule has 0 N–H and O–H groups in total. The second-order valence-electron chi connectivity index (χ2n) is 5.15. The minimum atomic E-state index is 0.322. The minimum absolute atomic E-state index is 0.322. The van der Waals surface area contributed by atoms with E-state index in [1.807, 2.05) is 7.05 Å². The van der Waals surface area contributed by atoms with Crippen molar-refractivity contribution in [2.45, 2.75) is 37.7 Å². The van der Waals surface area contributed by atoms with Crippen LogP contribution in [0.25, 0.3) is 0 Å². The molecule has 0 bridgehead atoms. The Morgan fingerprint density at radius 2 is 2.33 bits per heavy atom. The maximum Gasteiger partial charge on any atom is 0.186 e. The van der Waals surface area contributed by atoms with Crippen LogP contribution in [0.4, 0.5) is 5.13 Å². The summed E-state index contributed by atoms with van der Waals surface area (Å²) in [7, 11) is 2.03. The molecule has 98 valence electrons. The van der Waals surface area contributed by atoms with Gasteiger partial charge in [-0.25, -0.2) is 4.98 Å². The van der Waals surface area contributed by atoms with Crippen LogP contribution < -0.4 is 4.90 Å². The Hall–Kier alpha value is -0.940. The van der Waals surface area contributed by atoms with E-state index >= 15 is 0 Å². The van der Waals surface area contributed by atoms with E-state index in [1.165, 1.54) is 24.2 Å². The van der Waals surface area contributed by atoms with Crippen molar-refractivity contribution in [3.8, 4) is 0 Å². The van der Waals surface area contributed by atoms with Gasteiger partial charge < -0.3 is 9.64 Å². The second kappa shape index (κ2) is 4.97. The molecule has 1 aromatic heterocycles. The molecule has 2 heterocycles. The van der Waals surface area contributed by atoms with E-state index in [-0.39, 0.29) is 0 Å². The molecule has 1 aliphatic heterocycles. The summed E-state index contributed by atoms with van der Waals surface area (Å²) in [5.41, 5.74) is 1.02. The van der Waals surface area contributed by atoms with Crippen LogP contribution >= 0.6 is 11.3 Å². The topological polar surface area (TPSA) is 42.4 Å². The average molecular weight is 266 g/mol. The first-order valence-electron chi connectivity index (χ1n) is 6.56. The Morgan fingerprint density at radius 3 is 2.94 bits per heavy atom. The van der Waals surface area contributed by atoms with Crippen molar-refractivity contribution >= 4 is 22.8 Å². The van der Waals surface area contributed by atoms with Crippen molar-refractivity contribution in [3.05, 3.63) is 10.6 Å². The zero-order valence-corrected chi connectivity index (χ0v) is 11.4. The minimum Gasteiger partial charge on any atom is -0.376 e. The monoisotopic (exact) mass is 266 g/mol. The summed E-state index contributed by atoms with van der Waals surface area (Å²) < 4.78 is 5.63. The third-order valence-corrected chi connectivity index (χ3v) is 4.68. The van der Waals surface area contributed by atoms with Gasteiger partial charge in [-0.2, -0.15) is 0 Å². The molecule has 1 atom stereocenters. The first kappa shape index (κ1) is 12.1. The number of aldehydes is 1. The fourth-order valence-electron chi connectivity index (χ4n) is 2.40. The lowest BCUT2D eigenvalue weighted by Gasteiger charge is -2.19. The van der Waals surface area contributed by atoms with Crippen molar-refractivity contribution in [1.29, 1.82) is 0 Å². The number of likely N-dealkylation sites (N-methyl/N-ethyl adjacent to an activating group) is 1. The Balaban J connectivity index is 1.72. The highest BCUT2D eigenvalue weighted by Gasteiger charge is 2.30. The molecule has 1 unspecified atom stereocenters. The van der Waals surface area contributed by atoms with Crippen LogP contribution in [0.3, 0.4) is 0 Å². The van der Waals surface area contributed by atoms with Crippen molar-refractivity contribution in [3.63, 3.8) is 0 Å². The first-order chi connectivity index (χ1) is 8.78. The number of carbonyl (C=O) groups is 1. The van der Waals surface area contributed by atoms with E-state index in [9.17, 15) is 4.79 Å². The molecule has 3 rings (SSSR count). The van der Waals surface area contributed by atoms with Crippen LogP contribution in [-0.4, -0.2) is 37.6 Å². The third kappa shape index (κ3) is 2.42. The molecule has 1 aromatic rings. The number of aromatic nitrogens is 1. The SMILES string of the molecule is CN(CC1CCCO1)c1nc(C2CC2)c(C=O)s1. The fraction of sp³-hybridized carbons (Fsp3) is 0.692. The normalized spacial score (nSPS) is 23.3. The molecule has 1 saturated heterocycles. The van der Waals surface area contributed by atoms with Gasteiger partial charge >= 0.3 is 0 Å². The van der Waals surface area contributed by atoms with Crippen LogP contribution in [0.1, 0.15) is 47.0 Å². The maximum atomic E-state index is 11.1. The zero-order chi connectivity index (χ0) is 12.5. The molecular weight excluding hydrogens is 248 g/mol. The van der Waals surface area contributed by atoms with Gasteiger partial charge in [0.25, 0.3) is 0 Å². The third-order valence-electron chi connectivity index (χ3n) is 3.57. The Bertz CT molecular complexity index is 436. The maximum absolute atomic E-state index is 11.1. The largest absolute Gasteiger partial charge is 0.376 e. The second-order valence-corrected chi connectivity index (χ2v) is 6.16. The van der Waals surface area contributed by atoms with Crippen LogP contribution in [-0.2, 0) is 4.74 Å². The Kier molecular flexibility index (Phi) is 3.35. The highest BCUT2D eigenvalue weighted by Crippen LogP contribution is 2.43. The summed E-state index contributed by atoms with van der Waals surface area (Å²) in [4.78, 5) is 18.6. The molecule has 2 fully saturated rings. The van der Waals surface area contributed by atoms with Crippen molar-refractivity contribution in [1.82, 2.24) is 4.98 Å². The van der Waals surface area contributed by atoms with Crippen LogP contribution in [0.2, 0.25) is 0 Å². The molecular formula is C13H18N2O2S. The van der Waals surface area contributed by atoms with Gasteiger partial charge in [-0.15, -0.1) is 0 Å². The van der Waals surface area contributed by atoms with Crippen molar-refractivity contribution in [2.75, 3.05) is 25.1 Å². The summed E-state index contributed by atoms with van der Waals surface area (Å²) in [5, 5.41) is 0.953. The fourth-order valence-corrected chi connectivity index (χ4v) is 3.34. The molecule has 0 amide bonds. The molecule has 18 heavy (non-hydrogen) atoms. The quantitative estimate of drug-likeness (QED) is 0.768. The summed E-state index contributed by atoms with van der Waals surface area (Å²) in [6, 6.07) is 0. The molecule has 0 aromatic carbocycles. The summed E-state index contributed by atoms with van der Waals surface area (Å²) in [5.74, 6) is 0.534. The van der Waals surface area contributed by atoms with Crippen LogP contribution in [0.5, 0.6) is 0 Å². The van der Waals surface area contributed by atoms with E-state index in [1.54, 1.807) is 0 Å². The number of hydrogen-bond acceptors (Lipinski definition) is 5. The molecule has 5 heteroatoms. The molecule has 0 spiro atoms. The van der Waals surface area contributed by atoms with Gasteiger partial charge in [-0.05, 0) is 25.7 Å². The smallest absolute Gasteiger partial charge is 0.186 e. The highest BCUT2D eigenvalue weighted by atomic mass is 32.1. The number of nitrogens with zero attached hydrogens (tertiary/aromatic N) is 2. The van der Waals surface area contributed by atoms with Crippen molar-refractivity contribution < 1.29 is 9.53 Å². The molecule has 1 saturated carbocycles. The lowest BCUT2D eigenvalue weighted by molar-refractivity contribution is 0.112. The standard InChI is InChI=1S/C13H18N2O2S/c1-15(7-10-3-2-6-17-10)13-14-12(9-4-5-9)11(8-16)18-13/h8-10H,2-7H2,1H3. The number of thiazole rings is 1. The summed E-state index contributed by atoms with van der Waals surface area (Å²) in [6.07, 6.45) is 5.92. The van der Waals surface area contributed by atoms with Gasteiger partial charge in [0.05, 0.1) is 16.7 Å². The van der Waals surface area contributed by atoms with E-state index in [0.29, 0.717) is 12.0 Å². The van der Waals surface area contributed by atoms with Gasteiger partial charge in [0.2, 0.25) is 0 Å². The van der Waals surface area contributed by atoms with Gasteiger partial charge in [0.15, 0.2) is 11.4 Å². The predicted molar refractivity (Wildman–Crippen MR) is 71.7 cm³/mol. The number of carbonyl (C=O) groups excluding carboxylic acids is 1. The average Bonchev–Trinajstić information content (AvgIpc) is 2.92. The van der Waals surface area contributed by atoms with E-state index in [0.717, 1.165) is 48.0 Å². The van der Waals surface area contributed by atoms with Gasteiger partial charge in [0.1, 0.15) is 0 Å². The molecule has 2 aliphatic rings. The van der Waals surface area contributed by atoms with E-state index < -0.39 is 0 Å². The number of hydrogen-bond donors (Lipinski definition) is 0.